The molecule has 50 heavy (non-hydrogen) atoms. The van der Waals surface area contributed by atoms with Crippen LogP contribution in [0.5, 0.6) is 0 Å². The molecule has 1 amide bonds. The van der Waals surface area contributed by atoms with Crippen LogP contribution in [0.3, 0.4) is 0 Å². The predicted molar refractivity (Wildman–Crippen MR) is 206 cm³/mol. The molecule has 0 aromatic rings. The third-order valence-corrected chi connectivity index (χ3v) is 8.98. The number of allylic oxidation sites excluding steroid dienone is 8. The molecule has 0 aliphatic rings. The van der Waals surface area contributed by atoms with E-state index in [-0.39, 0.29) is 32.1 Å². The molecule has 0 heterocycles. The minimum Gasteiger partial charge on any atom is -0.463 e. The minimum absolute atomic E-state index is 0.0737. The standard InChI is InChI=1S/C40H72NO8P/c1-3-5-7-9-11-13-15-17-19-21-23-25-27-29-31-33-40(44)47-36-38(42)37-49-50(45,46)48-35-34-41-39(43)32-30-28-26-24-22-20-18-16-14-12-10-8-6-4-2/h5,7,11,13,16-19,38,42H,3-4,6,8-10,12,14-15,20-37H2,1-2H3,(H,41,43)(H,45,46)/b7-5-,13-11-,18-16-,19-17-. The number of carbonyl (C=O) groups excluding carboxylic acids is 2. The number of rotatable bonds is 36. The van der Waals surface area contributed by atoms with Gasteiger partial charge in [-0.1, -0.05) is 127 Å². The Morgan fingerprint density at radius 2 is 1.14 bits per heavy atom. The second-order valence-electron chi connectivity index (χ2n) is 12.9. The van der Waals surface area contributed by atoms with E-state index in [4.69, 9.17) is 13.8 Å². The van der Waals surface area contributed by atoms with E-state index in [2.05, 4.69) is 67.8 Å². The maximum atomic E-state index is 12.1. The van der Waals surface area contributed by atoms with Crippen molar-refractivity contribution in [1.29, 1.82) is 0 Å². The Bertz CT molecular complexity index is 965. The molecular formula is C40H72NO8P. The van der Waals surface area contributed by atoms with E-state index in [9.17, 15) is 24.2 Å². The molecule has 0 saturated carbocycles. The highest BCUT2D eigenvalue weighted by molar-refractivity contribution is 7.47. The Balaban J connectivity index is 3.66. The number of phosphoric ester groups is 1. The fraction of sp³-hybridized carbons (Fsp3) is 0.750. The highest BCUT2D eigenvalue weighted by Crippen LogP contribution is 2.42. The molecule has 0 aliphatic heterocycles. The number of phosphoric acid groups is 1. The van der Waals surface area contributed by atoms with Crippen LogP contribution in [0.1, 0.15) is 162 Å². The molecule has 0 bridgehead atoms. The van der Waals surface area contributed by atoms with Crippen molar-refractivity contribution in [3.05, 3.63) is 48.6 Å². The van der Waals surface area contributed by atoms with Gasteiger partial charge >= 0.3 is 13.8 Å². The number of hydrogen-bond acceptors (Lipinski definition) is 7. The fourth-order valence-corrected chi connectivity index (χ4v) is 5.79. The Morgan fingerprint density at radius 1 is 0.640 bits per heavy atom. The van der Waals surface area contributed by atoms with Crippen molar-refractivity contribution in [2.75, 3.05) is 26.4 Å². The Hall–Kier alpha value is -2.03. The van der Waals surface area contributed by atoms with E-state index in [0.29, 0.717) is 12.8 Å². The highest BCUT2D eigenvalue weighted by atomic mass is 31.2. The van der Waals surface area contributed by atoms with Crippen LogP contribution >= 0.6 is 7.82 Å². The topological polar surface area (TPSA) is 131 Å². The number of amides is 1. The lowest BCUT2D eigenvalue weighted by molar-refractivity contribution is -0.147. The van der Waals surface area contributed by atoms with Crippen molar-refractivity contribution in [2.45, 2.75) is 168 Å². The average Bonchev–Trinajstić information content (AvgIpc) is 3.10. The third-order valence-electron chi connectivity index (χ3n) is 7.99. The van der Waals surface area contributed by atoms with Crippen LogP contribution in [-0.2, 0) is 27.9 Å². The van der Waals surface area contributed by atoms with Crippen molar-refractivity contribution >= 4 is 19.7 Å². The highest BCUT2D eigenvalue weighted by Gasteiger charge is 2.23. The maximum Gasteiger partial charge on any atom is 0.472 e. The van der Waals surface area contributed by atoms with Gasteiger partial charge in [0.1, 0.15) is 12.7 Å². The van der Waals surface area contributed by atoms with Gasteiger partial charge in [-0.15, -0.1) is 0 Å². The summed E-state index contributed by atoms with van der Waals surface area (Å²) in [6.45, 7) is 3.38. The maximum absolute atomic E-state index is 12.1. The lowest BCUT2D eigenvalue weighted by Gasteiger charge is -2.15. The molecule has 2 unspecified atom stereocenters. The van der Waals surface area contributed by atoms with Gasteiger partial charge in [0.2, 0.25) is 5.91 Å². The molecule has 0 radical (unpaired) electrons. The first kappa shape index (κ1) is 48.0. The van der Waals surface area contributed by atoms with Gasteiger partial charge in [-0.3, -0.25) is 18.6 Å². The van der Waals surface area contributed by atoms with Gasteiger partial charge in [0.05, 0.1) is 13.2 Å². The van der Waals surface area contributed by atoms with Crippen molar-refractivity contribution in [1.82, 2.24) is 5.32 Å². The van der Waals surface area contributed by atoms with Gasteiger partial charge in [-0.05, 0) is 70.6 Å². The molecule has 0 aromatic heterocycles. The zero-order chi connectivity index (χ0) is 36.8. The zero-order valence-corrected chi connectivity index (χ0v) is 32.5. The van der Waals surface area contributed by atoms with Gasteiger partial charge < -0.3 is 20.1 Å². The number of esters is 1. The molecule has 2 atom stereocenters. The number of unbranched alkanes of at least 4 members (excludes halogenated alkanes) is 15. The van der Waals surface area contributed by atoms with E-state index in [0.717, 1.165) is 83.5 Å². The van der Waals surface area contributed by atoms with Crippen LogP contribution in [0.25, 0.3) is 0 Å². The minimum atomic E-state index is -4.42. The first-order valence-corrected chi connectivity index (χ1v) is 21.1. The predicted octanol–water partition coefficient (Wildman–Crippen LogP) is 10.4. The Morgan fingerprint density at radius 3 is 1.74 bits per heavy atom. The van der Waals surface area contributed by atoms with E-state index in [1.54, 1.807) is 0 Å². The van der Waals surface area contributed by atoms with Crippen molar-refractivity contribution in [3.63, 3.8) is 0 Å². The van der Waals surface area contributed by atoms with Crippen LogP contribution in [0.2, 0.25) is 0 Å². The largest absolute Gasteiger partial charge is 0.472 e. The van der Waals surface area contributed by atoms with Crippen LogP contribution in [0.15, 0.2) is 48.6 Å². The molecule has 3 N–H and O–H groups in total. The smallest absolute Gasteiger partial charge is 0.463 e. The number of hydrogen-bond donors (Lipinski definition) is 3. The van der Waals surface area contributed by atoms with Gasteiger partial charge in [-0.25, -0.2) is 4.57 Å². The van der Waals surface area contributed by atoms with Gasteiger partial charge in [0.15, 0.2) is 0 Å². The Labute approximate surface area is 305 Å². The van der Waals surface area contributed by atoms with Crippen LogP contribution in [0.4, 0.5) is 0 Å². The molecular weight excluding hydrogens is 653 g/mol. The average molecular weight is 726 g/mol. The summed E-state index contributed by atoms with van der Waals surface area (Å²) in [5, 5.41) is 12.6. The molecule has 0 fully saturated rings. The summed E-state index contributed by atoms with van der Waals surface area (Å²) in [5.41, 5.74) is 0. The fourth-order valence-electron chi connectivity index (χ4n) is 5.03. The van der Waals surface area contributed by atoms with E-state index in [1.807, 2.05) is 0 Å². The van der Waals surface area contributed by atoms with E-state index < -0.39 is 26.5 Å². The van der Waals surface area contributed by atoms with E-state index >= 15 is 0 Å². The molecule has 0 aliphatic carbocycles. The summed E-state index contributed by atoms with van der Waals surface area (Å²) in [5.74, 6) is -0.546. The lowest BCUT2D eigenvalue weighted by atomic mass is 10.1. The first-order valence-electron chi connectivity index (χ1n) is 19.6. The lowest BCUT2D eigenvalue weighted by Crippen LogP contribution is -2.27. The summed E-state index contributed by atoms with van der Waals surface area (Å²) in [4.78, 5) is 33.8. The molecule has 0 saturated heterocycles. The Kier molecular flexibility index (Phi) is 35.3. The second-order valence-corrected chi connectivity index (χ2v) is 14.3. The summed E-state index contributed by atoms with van der Waals surface area (Å²) < 4.78 is 26.8. The van der Waals surface area contributed by atoms with Crippen molar-refractivity contribution in [2.24, 2.45) is 0 Å². The summed E-state index contributed by atoms with van der Waals surface area (Å²) in [7, 11) is -4.42. The summed E-state index contributed by atoms with van der Waals surface area (Å²) >= 11 is 0. The van der Waals surface area contributed by atoms with Crippen LogP contribution in [-0.4, -0.2) is 54.3 Å². The van der Waals surface area contributed by atoms with Gasteiger partial charge in [0, 0.05) is 19.4 Å². The molecule has 10 heteroatoms. The molecule has 0 aromatic carbocycles. The van der Waals surface area contributed by atoms with Crippen LogP contribution in [0, 0.1) is 0 Å². The normalized spacial score (nSPS) is 13.9. The molecule has 290 valence electrons. The summed E-state index contributed by atoms with van der Waals surface area (Å²) in [6.07, 6.45) is 40.4. The quantitative estimate of drug-likeness (QED) is 0.0252. The van der Waals surface area contributed by atoms with Crippen molar-refractivity contribution < 1.29 is 37.9 Å². The number of aliphatic hydroxyl groups is 1. The third kappa shape index (κ3) is 37.2. The van der Waals surface area contributed by atoms with E-state index in [1.165, 1.54) is 44.9 Å². The first-order chi connectivity index (χ1) is 24.3. The monoisotopic (exact) mass is 725 g/mol. The van der Waals surface area contributed by atoms with Crippen LogP contribution < -0.4 is 5.32 Å². The van der Waals surface area contributed by atoms with Crippen molar-refractivity contribution in [3.8, 4) is 0 Å². The molecule has 0 rings (SSSR count). The van der Waals surface area contributed by atoms with Gasteiger partial charge in [-0.2, -0.15) is 0 Å². The molecule has 9 nitrogen and oxygen atoms in total. The second kappa shape index (κ2) is 36.8. The number of ether oxygens (including phenoxy) is 1. The molecule has 0 spiro atoms. The zero-order valence-electron chi connectivity index (χ0n) is 31.6. The number of carbonyl (C=O) groups is 2. The SMILES string of the molecule is CC/C=C\C/C=C\C/C=C\CCCCCCCC(=O)OCC(O)COP(=O)(O)OCCNC(=O)CCCCCCC/C=C\CCCCCCC. The summed E-state index contributed by atoms with van der Waals surface area (Å²) in [6, 6.07) is 0. The number of nitrogens with one attached hydrogen (secondary N) is 1. The van der Waals surface area contributed by atoms with Gasteiger partial charge in [0.25, 0.3) is 0 Å². The number of aliphatic hydroxyl groups excluding tert-OH is 1.